The number of hydrogen-bond donors (Lipinski definition) is 2. The van der Waals surface area contributed by atoms with E-state index in [9.17, 15) is 4.79 Å². The quantitative estimate of drug-likeness (QED) is 0.748. The van der Waals surface area contributed by atoms with Crippen LogP contribution in [0.4, 0.5) is 0 Å². The van der Waals surface area contributed by atoms with Gasteiger partial charge in [-0.3, -0.25) is 9.69 Å². The molecular formula is C13H25N3O. The number of likely N-dealkylation sites (tertiary alicyclic amines) is 1. The predicted octanol–water partition coefficient (Wildman–Crippen LogP) is 0.858. The van der Waals surface area contributed by atoms with Crippen LogP contribution in [0.2, 0.25) is 0 Å². The van der Waals surface area contributed by atoms with Crippen molar-refractivity contribution >= 4 is 5.91 Å². The van der Waals surface area contributed by atoms with Gasteiger partial charge in [-0.15, -0.1) is 0 Å². The first-order chi connectivity index (χ1) is 8.29. The summed E-state index contributed by atoms with van der Waals surface area (Å²) in [7, 11) is 0. The molecule has 2 aliphatic rings. The Morgan fingerprint density at radius 1 is 1.29 bits per heavy atom. The molecule has 2 fully saturated rings. The van der Waals surface area contributed by atoms with Crippen molar-refractivity contribution in [2.45, 2.75) is 57.0 Å². The maximum atomic E-state index is 11.6. The first kappa shape index (κ1) is 12.8. The lowest BCUT2D eigenvalue weighted by Gasteiger charge is -2.23. The highest BCUT2D eigenvalue weighted by atomic mass is 16.1. The zero-order valence-electron chi connectivity index (χ0n) is 10.7. The third kappa shape index (κ3) is 3.68. The van der Waals surface area contributed by atoms with Crippen molar-refractivity contribution in [2.24, 2.45) is 5.73 Å². The Morgan fingerprint density at radius 3 is 2.76 bits per heavy atom. The third-order valence-corrected chi connectivity index (χ3v) is 4.03. The summed E-state index contributed by atoms with van der Waals surface area (Å²) >= 11 is 0. The number of nitrogens with one attached hydrogen (secondary N) is 1. The average Bonchev–Trinajstić information content (AvgIpc) is 2.95. The van der Waals surface area contributed by atoms with E-state index in [1.54, 1.807) is 0 Å². The zero-order chi connectivity index (χ0) is 12.1. The molecule has 4 nitrogen and oxygen atoms in total. The molecule has 0 radical (unpaired) electrons. The zero-order valence-corrected chi connectivity index (χ0v) is 10.7. The largest absolute Gasteiger partial charge is 0.352 e. The number of hydrogen-bond acceptors (Lipinski definition) is 3. The first-order valence-electron chi connectivity index (χ1n) is 7.03. The molecule has 17 heavy (non-hydrogen) atoms. The van der Waals surface area contributed by atoms with Gasteiger partial charge in [-0.25, -0.2) is 0 Å². The lowest BCUT2D eigenvalue weighted by Crippen LogP contribution is -2.39. The second-order valence-corrected chi connectivity index (χ2v) is 5.38. The average molecular weight is 239 g/mol. The molecule has 1 aliphatic heterocycles. The second kappa shape index (κ2) is 6.36. The van der Waals surface area contributed by atoms with E-state index in [1.165, 1.54) is 25.7 Å². The summed E-state index contributed by atoms with van der Waals surface area (Å²) in [6.45, 7) is 2.82. The van der Waals surface area contributed by atoms with Crippen LogP contribution in [0.5, 0.6) is 0 Å². The van der Waals surface area contributed by atoms with Crippen molar-refractivity contribution in [2.75, 3.05) is 19.6 Å². The maximum Gasteiger partial charge on any atom is 0.220 e. The minimum Gasteiger partial charge on any atom is -0.352 e. The van der Waals surface area contributed by atoms with Gasteiger partial charge >= 0.3 is 0 Å². The molecule has 1 aliphatic carbocycles. The fraction of sp³-hybridized carbons (Fsp3) is 0.923. The van der Waals surface area contributed by atoms with Crippen molar-refractivity contribution in [1.82, 2.24) is 10.2 Å². The highest BCUT2D eigenvalue weighted by Gasteiger charge is 2.30. The minimum atomic E-state index is 0.175. The Morgan fingerprint density at radius 2 is 2.06 bits per heavy atom. The SMILES string of the molecule is NCCCC(=O)NC1CCN(C2CCCC2)C1. The van der Waals surface area contributed by atoms with Crippen molar-refractivity contribution in [3.63, 3.8) is 0 Å². The van der Waals surface area contributed by atoms with Gasteiger partial charge < -0.3 is 11.1 Å². The van der Waals surface area contributed by atoms with Crippen LogP contribution in [-0.4, -0.2) is 42.5 Å². The maximum absolute atomic E-state index is 11.6. The van der Waals surface area contributed by atoms with Crippen LogP contribution in [0.25, 0.3) is 0 Å². The van der Waals surface area contributed by atoms with E-state index >= 15 is 0 Å². The molecule has 1 saturated carbocycles. The molecule has 98 valence electrons. The van der Waals surface area contributed by atoms with Gasteiger partial charge in [0, 0.05) is 31.6 Å². The summed E-state index contributed by atoms with van der Waals surface area (Å²) < 4.78 is 0. The van der Waals surface area contributed by atoms with Crippen LogP contribution in [0.15, 0.2) is 0 Å². The minimum absolute atomic E-state index is 0.175. The molecule has 1 saturated heterocycles. The van der Waals surface area contributed by atoms with E-state index in [-0.39, 0.29) is 5.91 Å². The number of carbonyl (C=O) groups is 1. The predicted molar refractivity (Wildman–Crippen MR) is 68.7 cm³/mol. The molecule has 0 aromatic rings. The number of nitrogens with zero attached hydrogens (tertiary/aromatic N) is 1. The van der Waals surface area contributed by atoms with Crippen LogP contribution in [0.1, 0.15) is 44.9 Å². The second-order valence-electron chi connectivity index (χ2n) is 5.38. The Labute approximate surface area is 104 Å². The van der Waals surface area contributed by atoms with Crippen LogP contribution in [-0.2, 0) is 4.79 Å². The molecule has 0 aromatic heterocycles. The molecule has 0 bridgehead atoms. The van der Waals surface area contributed by atoms with Gasteiger partial charge in [-0.2, -0.15) is 0 Å². The summed E-state index contributed by atoms with van der Waals surface area (Å²) in [5, 5.41) is 3.13. The third-order valence-electron chi connectivity index (χ3n) is 4.03. The van der Waals surface area contributed by atoms with E-state index in [1.807, 2.05) is 0 Å². The molecule has 2 rings (SSSR count). The Balaban J connectivity index is 1.68. The summed E-state index contributed by atoms with van der Waals surface area (Å²) in [6.07, 6.45) is 7.97. The highest BCUT2D eigenvalue weighted by molar-refractivity contribution is 5.76. The summed E-state index contributed by atoms with van der Waals surface area (Å²) in [4.78, 5) is 14.2. The summed E-state index contributed by atoms with van der Waals surface area (Å²) in [5.74, 6) is 0.175. The fourth-order valence-electron chi connectivity index (χ4n) is 3.07. The standard InChI is InChI=1S/C13H25N3O/c14-8-3-6-13(17)15-11-7-9-16(10-11)12-4-1-2-5-12/h11-12H,1-10,14H2,(H,15,17). The number of amides is 1. The first-order valence-corrected chi connectivity index (χ1v) is 7.03. The molecule has 0 spiro atoms. The number of nitrogens with two attached hydrogens (primary N) is 1. The van der Waals surface area contributed by atoms with Gasteiger partial charge in [-0.05, 0) is 32.2 Å². The van der Waals surface area contributed by atoms with E-state index in [0.717, 1.165) is 32.0 Å². The van der Waals surface area contributed by atoms with Crippen molar-refractivity contribution < 1.29 is 4.79 Å². The van der Waals surface area contributed by atoms with Crippen molar-refractivity contribution in [1.29, 1.82) is 0 Å². The normalized spacial score (nSPS) is 26.5. The van der Waals surface area contributed by atoms with Gasteiger partial charge in [0.25, 0.3) is 0 Å². The number of carbonyl (C=O) groups excluding carboxylic acids is 1. The van der Waals surface area contributed by atoms with Crippen LogP contribution in [0, 0.1) is 0 Å². The number of rotatable bonds is 5. The van der Waals surface area contributed by atoms with Crippen LogP contribution >= 0.6 is 0 Å². The molecule has 3 N–H and O–H groups in total. The topological polar surface area (TPSA) is 58.4 Å². The van der Waals surface area contributed by atoms with Crippen molar-refractivity contribution in [3.8, 4) is 0 Å². The van der Waals surface area contributed by atoms with Crippen molar-refractivity contribution in [3.05, 3.63) is 0 Å². The molecule has 1 amide bonds. The molecule has 1 heterocycles. The van der Waals surface area contributed by atoms with Crippen LogP contribution in [0.3, 0.4) is 0 Å². The van der Waals surface area contributed by atoms with Gasteiger partial charge in [0.05, 0.1) is 0 Å². The van der Waals surface area contributed by atoms with Gasteiger partial charge in [0.1, 0.15) is 0 Å². The van der Waals surface area contributed by atoms with E-state index < -0.39 is 0 Å². The lowest BCUT2D eigenvalue weighted by atomic mass is 10.2. The van der Waals surface area contributed by atoms with E-state index in [2.05, 4.69) is 10.2 Å². The molecular weight excluding hydrogens is 214 g/mol. The Hall–Kier alpha value is -0.610. The molecule has 1 unspecified atom stereocenters. The Bertz CT molecular complexity index is 251. The lowest BCUT2D eigenvalue weighted by molar-refractivity contribution is -0.121. The molecule has 4 heteroatoms. The monoisotopic (exact) mass is 239 g/mol. The summed E-state index contributed by atoms with van der Waals surface area (Å²) in [6, 6.07) is 1.17. The Kier molecular flexibility index (Phi) is 4.80. The summed E-state index contributed by atoms with van der Waals surface area (Å²) in [5.41, 5.74) is 5.40. The van der Waals surface area contributed by atoms with E-state index in [4.69, 9.17) is 5.73 Å². The van der Waals surface area contributed by atoms with Gasteiger partial charge in [-0.1, -0.05) is 12.8 Å². The van der Waals surface area contributed by atoms with E-state index in [0.29, 0.717) is 19.0 Å². The van der Waals surface area contributed by atoms with Gasteiger partial charge in [0.2, 0.25) is 5.91 Å². The van der Waals surface area contributed by atoms with Crippen LogP contribution < -0.4 is 11.1 Å². The smallest absolute Gasteiger partial charge is 0.220 e. The van der Waals surface area contributed by atoms with Gasteiger partial charge in [0.15, 0.2) is 0 Å². The highest BCUT2D eigenvalue weighted by Crippen LogP contribution is 2.26. The fourth-order valence-corrected chi connectivity index (χ4v) is 3.07. The molecule has 1 atom stereocenters. The molecule has 0 aromatic carbocycles.